The van der Waals surface area contributed by atoms with Crippen LogP contribution in [0.25, 0.3) is 10.1 Å². The van der Waals surface area contributed by atoms with Gasteiger partial charge in [0.2, 0.25) is 0 Å². The Hall–Kier alpha value is -1.46. The molecule has 0 fully saturated rings. The minimum atomic E-state index is 0.748. The SMILES string of the molecule is Cc1ncc(Br)c(Nc2cccc3sccc23)n1. The van der Waals surface area contributed by atoms with Crippen LogP contribution in [0.4, 0.5) is 11.5 Å². The van der Waals surface area contributed by atoms with Crippen LogP contribution in [0.15, 0.2) is 40.3 Å². The molecule has 90 valence electrons. The van der Waals surface area contributed by atoms with Crippen molar-refractivity contribution < 1.29 is 0 Å². The number of nitrogens with zero attached hydrogens (tertiary/aromatic N) is 2. The first-order valence-corrected chi connectivity index (χ1v) is 7.14. The summed E-state index contributed by atoms with van der Waals surface area (Å²) in [6, 6.07) is 8.33. The molecule has 2 aromatic heterocycles. The molecule has 3 nitrogen and oxygen atoms in total. The maximum Gasteiger partial charge on any atom is 0.148 e. The van der Waals surface area contributed by atoms with E-state index in [4.69, 9.17) is 0 Å². The molecular formula is C13H10BrN3S. The highest BCUT2D eigenvalue weighted by atomic mass is 79.9. The van der Waals surface area contributed by atoms with Crippen molar-refractivity contribution in [3.05, 3.63) is 46.1 Å². The highest BCUT2D eigenvalue weighted by Crippen LogP contribution is 2.31. The van der Waals surface area contributed by atoms with Gasteiger partial charge in [-0.3, -0.25) is 0 Å². The molecule has 1 N–H and O–H groups in total. The molecule has 0 aliphatic heterocycles. The van der Waals surface area contributed by atoms with Crippen LogP contribution in [0.3, 0.4) is 0 Å². The summed E-state index contributed by atoms with van der Waals surface area (Å²) in [4.78, 5) is 8.53. The molecule has 1 aromatic carbocycles. The lowest BCUT2D eigenvalue weighted by Gasteiger charge is -2.09. The summed E-state index contributed by atoms with van der Waals surface area (Å²) in [6.07, 6.45) is 1.76. The average Bonchev–Trinajstić information content (AvgIpc) is 2.83. The monoisotopic (exact) mass is 319 g/mol. The Morgan fingerprint density at radius 1 is 1.28 bits per heavy atom. The zero-order chi connectivity index (χ0) is 12.5. The van der Waals surface area contributed by atoms with E-state index in [0.29, 0.717) is 0 Å². The molecule has 0 unspecified atom stereocenters. The molecule has 0 aliphatic rings. The van der Waals surface area contributed by atoms with Crippen LogP contribution >= 0.6 is 27.3 Å². The van der Waals surface area contributed by atoms with Crippen molar-refractivity contribution in [1.82, 2.24) is 9.97 Å². The second-order valence-electron chi connectivity index (χ2n) is 3.88. The van der Waals surface area contributed by atoms with E-state index in [2.05, 4.69) is 54.8 Å². The summed E-state index contributed by atoms with van der Waals surface area (Å²) < 4.78 is 2.13. The van der Waals surface area contributed by atoms with E-state index < -0.39 is 0 Å². The smallest absolute Gasteiger partial charge is 0.148 e. The van der Waals surface area contributed by atoms with Crippen LogP contribution in [0, 0.1) is 6.92 Å². The molecule has 0 atom stereocenters. The third-order valence-electron chi connectivity index (χ3n) is 2.61. The number of halogens is 1. The maximum absolute atomic E-state index is 4.39. The summed E-state index contributed by atoms with van der Waals surface area (Å²) in [5.41, 5.74) is 1.06. The number of thiophene rings is 1. The number of benzene rings is 1. The predicted octanol–water partition coefficient (Wildman–Crippen LogP) is 4.51. The highest BCUT2D eigenvalue weighted by molar-refractivity contribution is 9.10. The molecule has 5 heteroatoms. The number of aromatic nitrogens is 2. The van der Waals surface area contributed by atoms with Gasteiger partial charge >= 0.3 is 0 Å². The Labute approximate surface area is 117 Å². The summed E-state index contributed by atoms with van der Waals surface area (Å²) in [5, 5.41) is 6.66. The van der Waals surface area contributed by atoms with Gasteiger partial charge in [0.25, 0.3) is 0 Å². The van der Waals surface area contributed by atoms with Crippen LogP contribution < -0.4 is 5.32 Å². The molecule has 0 bridgehead atoms. The fourth-order valence-electron chi connectivity index (χ4n) is 1.77. The van der Waals surface area contributed by atoms with Crippen LogP contribution in [0.1, 0.15) is 5.82 Å². The van der Waals surface area contributed by atoms with Gasteiger partial charge in [-0.25, -0.2) is 9.97 Å². The Morgan fingerprint density at radius 2 is 2.17 bits per heavy atom. The van der Waals surface area contributed by atoms with E-state index in [0.717, 1.165) is 21.8 Å². The fraction of sp³-hybridized carbons (Fsp3) is 0.0769. The molecule has 18 heavy (non-hydrogen) atoms. The Bertz CT molecular complexity index is 708. The van der Waals surface area contributed by atoms with E-state index in [1.807, 2.05) is 13.0 Å². The van der Waals surface area contributed by atoms with E-state index in [-0.39, 0.29) is 0 Å². The standard InChI is InChI=1S/C13H10BrN3S/c1-8-15-7-10(14)13(16-8)17-11-3-2-4-12-9(11)5-6-18-12/h2-7H,1H3,(H,15,16,17). The highest BCUT2D eigenvalue weighted by Gasteiger charge is 2.06. The number of fused-ring (bicyclic) bond motifs is 1. The van der Waals surface area contributed by atoms with Crippen LogP contribution in [0.2, 0.25) is 0 Å². The molecule has 0 spiro atoms. The third-order valence-corrected chi connectivity index (χ3v) is 4.08. The second kappa shape index (κ2) is 4.66. The van der Waals surface area contributed by atoms with Gasteiger partial charge in [-0.2, -0.15) is 0 Å². The van der Waals surface area contributed by atoms with E-state index in [1.165, 1.54) is 10.1 Å². The lowest BCUT2D eigenvalue weighted by Crippen LogP contribution is -1.98. The first-order chi connectivity index (χ1) is 8.74. The van der Waals surface area contributed by atoms with Gasteiger partial charge in [0.05, 0.1) is 4.47 Å². The molecule has 0 radical (unpaired) electrons. The number of hydrogen-bond donors (Lipinski definition) is 1. The normalized spacial score (nSPS) is 10.8. The van der Waals surface area contributed by atoms with Crippen molar-refractivity contribution in [3.63, 3.8) is 0 Å². The molecule has 2 heterocycles. The Balaban J connectivity index is 2.06. The fourth-order valence-corrected chi connectivity index (χ4v) is 2.88. The van der Waals surface area contributed by atoms with Gasteiger partial charge < -0.3 is 5.32 Å². The first-order valence-electron chi connectivity index (χ1n) is 5.46. The summed E-state index contributed by atoms with van der Waals surface area (Å²) in [7, 11) is 0. The van der Waals surface area contributed by atoms with Crippen molar-refractivity contribution in [2.45, 2.75) is 6.92 Å². The third kappa shape index (κ3) is 2.11. The van der Waals surface area contributed by atoms with Crippen molar-refractivity contribution in [2.24, 2.45) is 0 Å². The van der Waals surface area contributed by atoms with Crippen LogP contribution in [-0.2, 0) is 0 Å². The molecule has 3 rings (SSSR count). The first kappa shape index (κ1) is 11.6. The number of rotatable bonds is 2. The van der Waals surface area contributed by atoms with Crippen LogP contribution in [0.5, 0.6) is 0 Å². The summed E-state index contributed by atoms with van der Waals surface area (Å²) >= 11 is 5.19. The minimum absolute atomic E-state index is 0.748. The van der Waals surface area contributed by atoms with Crippen molar-refractivity contribution in [2.75, 3.05) is 5.32 Å². The zero-order valence-electron chi connectivity index (χ0n) is 9.64. The molecule has 0 aliphatic carbocycles. The van der Waals surface area contributed by atoms with Gasteiger partial charge in [-0.05, 0) is 46.4 Å². The summed E-state index contributed by atoms with van der Waals surface area (Å²) in [6.45, 7) is 1.88. The minimum Gasteiger partial charge on any atom is -0.339 e. The number of nitrogens with one attached hydrogen (secondary N) is 1. The maximum atomic E-state index is 4.39. The molecule has 3 aromatic rings. The Kier molecular flexibility index (Phi) is 3.01. The lowest BCUT2D eigenvalue weighted by atomic mass is 10.2. The molecule has 0 saturated heterocycles. The largest absolute Gasteiger partial charge is 0.339 e. The van der Waals surface area contributed by atoms with Gasteiger partial charge in [0, 0.05) is 22.0 Å². The zero-order valence-corrected chi connectivity index (χ0v) is 12.0. The lowest BCUT2D eigenvalue weighted by molar-refractivity contribution is 1.05. The summed E-state index contributed by atoms with van der Waals surface area (Å²) in [5.74, 6) is 1.54. The topological polar surface area (TPSA) is 37.8 Å². The van der Waals surface area contributed by atoms with E-state index in [1.54, 1.807) is 17.5 Å². The number of anilines is 2. The Morgan fingerprint density at radius 3 is 3.06 bits per heavy atom. The quantitative estimate of drug-likeness (QED) is 0.755. The second-order valence-corrected chi connectivity index (χ2v) is 5.68. The van der Waals surface area contributed by atoms with Gasteiger partial charge in [-0.15, -0.1) is 11.3 Å². The predicted molar refractivity (Wildman–Crippen MR) is 79.6 cm³/mol. The van der Waals surface area contributed by atoms with Crippen molar-refractivity contribution in [3.8, 4) is 0 Å². The average molecular weight is 320 g/mol. The van der Waals surface area contributed by atoms with Crippen LogP contribution in [-0.4, -0.2) is 9.97 Å². The molecule has 0 amide bonds. The van der Waals surface area contributed by atoms with Crippen molar-refractivity contribution in [1.29, 1.82) is 0 Å². The number of aryl methyl sites for hydroxylation is 1. The van der Waals surface area contributed by atoms with E-state index >= 15 is 0 Å². The molecular weight excluding hydrogens is 310 g/mol. The molecule has 0 saturated carbocycles. The van der Waals surface area contributed by atoms with Gasteiger partial charge in [0.15, 0.2) is 0 Å². The van der Waals surface area contributed by atoms with E-state index in [9.17, 15) is 0 Å². The van der Waals surface area contributed by atoms with Gasteiger partial charge in [0.1, 0.15) is 11.6 Å². The van der Waals surface area contributed by atoms with Gasteiger partial charge in [-0.1, -0.05) is 6.07 Å². The van der Waals surface area contributed by atoms with Crippen molar-refractivity contribution >= 4 is 48.9 Å². The number of hydrogen-bond acceptors (Lipinski definition) is 4.